The lowest BCUT2D eigenvalue weighted by Gasteiger charge is -2.03. The highest BCUT2D eigenvalue weighted by molar-refractivity contribution is 5.78. The van der Waals surface area contributed by atoms with Crippen molar-refractivity contribution in [3.63, 3.8) is 0 Å². The molecule has 3 aromatic rings. The molecule has 0 saturated carbocycles. The molecular formula is C15H14N2O. The van der Waals surface area contributed by atoms with E-state index in [-0.39, 0.29) is 5.75 Å². The second-order valence-corrected chi connectivity index (χ2v) is 4.46. The number of hydrogen-bond acceptors (Lipinski definition) is 2. The first kappa shape index (κ1) is 10.8. The topological polar surface area (TPSA) is 38.0 Å². The summed E-state index contributed by atoms with van der Waals surface area (Å²) in [4.78, 5) is 4.26. The molecule has 0 spiro atoms. The molecule has 2 heterocycles. The summed E-state index contributed by atoms with van der Waals surface area (Å²) in [6.45, 7) is 0. The molecule has 90 valence electrons. The van der Waals surface area contributed by atoms with Crippen molar-refractivity contribution >= 4 is 11.0 Å². The van der Waals surface area contributed by atoms with Crippen molar-refractivity contribution in [2.75, 3.05) is 0 Å². The Bertz CT molecular complexity index is 686. The summed E-state index contributed by atoms with van der Waals surface area (Å²) in [6, 6.07) is 14.2. The SMILES string of the molecule is Cn1c(Cc2ccccc2)cc2cc(O)cnc21. The van der Waals surface area contributed by atoms with Crippen LogP contribution in [0.15, 0.2) is 48.7 Å². The van der Waals surface area contributed by atoms with E-state index in [0.29, 0.717) is 0 Å². The van der Waals surface area contributed by atoms with Crippen LogP contribution < -0.4 is 0 Å². The largest absolute Gasteiger partial charge is 0.506 e. The first-order chi connectivity index (χ1) is 8.74. The smallest absolute Gasteiger partial charge is 0.140 e. The molecule has 0 fully saturated rings. The Balaban J connectivity index is 2.05. The van der Waals surface area contributed by atoms with Crippen molar-refractivity contribution in [3.05, 3.63) is 59.9 Å². The van der Waals surface area contributed by atoms with E-state index in [2.05, 4.69) is 27.8 Å². The monoisotopic (exact) mass is 238 g/mol. The van der Waals surface area contributed by atoms with Crippen LogP contribution in [0.3, 0.4) is 0 Å². The fourth-order valence-corrected chi connectivity index (χ4v) is 2.24. The molecular weight excluding hydrogens is 224 g/mol. The molecule has 0 saturated heterocycles. The van der Waals surface area contributed by atoms with Gasteiger partial charge in [0, 0.05) is 24.5 Å². The van der Waals surface area contributed by atoms with Gasteiger partial charge in [0.15, 0.2) is 0 Å². The molecule has 3 nitrogen and oxygen atoms in total. The number of benzene rings is 1. The minimum Gasteiger partial charge on any atom is -0.506 e. The molecule has 0 atom stereocenters. The van der Waals surface area contributed by atoms with Gasteiger partial charge in [0.25, 0.3) is 0 Å². The lowest BCUT2D eigenvalue weighted by atomic mass is 10.1. The van der Waals surface area contributed by atoms with Gasteiger partial charge in [-0.3, -0.25) is 0 Å². The number of rotatable bonds is 2. The van der Waals surface area contributed by atoms with Gasteiger partial charge in [0.2, 0.25) is 0 Å². The zero-order valence-corrected chi connectivity index (χ0v) is 10.2. The molecule has 0 amide bonds. The van der Waals surface area contributed by atoms with Gasteiger partial charge in [-0.15, -0.1) is 0 Å². The summed E-state index contributed by atoms with van der Waals surface area (Å²) in [7, 11) is 2.00. The predicted molar refractivity (Wildman–Crippen MR) is 71.6 cm³/mol. The molecule has 2 aromatic heterocycles. The Kier molecular flexibility index (Phi) is 2.52. The van der Waals surface area contributed by atoms with Crippen molar-refractivity contribution in [1.82, 2.24) is 9.55 Å². The number of hydrogen-bond donors (Lipinski definition) is 1. The van der Waals surface area contributed by atoms with Crippen molar-refractivity contribution in [1.29, 1.82) is 0 Å². The third-order valence-corrected chi connectivity index (χ3v) is 3.18. The lowest BCUT2D eigenvalue weighted by molar-refractivity contribution is 0.474. The minimum atomic E-state index is 0.208. The molecule has 3 rings (SSSR count). The standard InChI is InChI=1S/C15H14N2O/c1-17-13(7-11-5-3-2-4-6-11)8-12-9-14(18)10-16-15(12)17/h2-6,8-10,18H,7H2,1H3. The van der Waals surface area contributed by atoms with Crippen molar-refractivity contribution < 1.29 is 5.11 Å². The maximum absolute atomic E-state index is 9.45. The zero-order valence-electron chi connectivity index (χ0n) is 10.2. The molecule has 0 bridgehead atoms. The van der Waals surface area contributed by atoms with Crippen LogP contribution in [0.25, 0.3) is 11.0 Å². The maximum atomic E-state index is 9.45. The molecule has 18 heavy (non-hydrogen) atoms. The van der Waals surface area contributed by atoms with E-state index < -0.39 is 0 Å². The third-order valence-electron chi connectivity index (χ3n) is 3.18. The Morgan fingerprint density at radius 3 is 2.72 bits per heavy atom. The van der Waals surface area contributed by atoms with Gasteiger partial charge in [0.1, 0.15) is 11.4 Å². The highest BCUT2D eigenvalue weighted by atomic mass is 16.3. The first-order valence-electron chi connectivity index (χ1n) is 5.91. The summed E-state index contributed by atoms with van der Waals surface area (Å²) in [5.74, 6) is 0.208. The van der Waals surface area contributed by atoms with Crippen LogP contribution in [0, 0.1) is 0 Å². The highest BCUT2D eigenvalue weighted by Crippen LogP contribution is 2.22. The predicted octanol–water partition coefficient (Wildman–Crippen LogP) is 2.87. The van der Waals surface area contributed by atoms with Crippen molar-refractivity contribution in [3.8, 4) is 5.75 Å². The van der Waals surface area contributed by atoms with Crippen LogP contribution in [0.2, 0.25) is 0 Å². The maximum Gasteiger partial charge on any atom is 0.140 e. The van der Waals surface area contributed by atoms with E-state index in [1.54, 1.807) is 6.07 Å². The van der Waals surface area contributed by atoms with E-state index in [4.69, 9.17) is 0 Å². The molecule has 1 N–H and O–H groups in total. The van der Waals surface area contributed by atoms with Gasteiger partial charge in [-0.2, -0.15) is 0 Å². The quantitative estimate of drug-likeness (QED) is 0.745. The third kappa shape index (κ3) is 1.84. The van der Waals surface area contributed by atoms with Crippen LogP contribution in [-0.4, -0.2) is 14.7 Å². The minimum absolute atomic E-state index is 0.208. The number of pyridine rings is 1. The van der Waals surface area contributed by atoms with E-state index in [1.807, 2.05) is 25.2 Å². The van der Waals surface area contributed by atoms with Gasteiger partial charge >= 0.3 is 0 Å². The number of fused-ring (bicyclic) bond motifs is 1. The van der Waals surface area contributed by atoms with Gasteiger partial charge < -0.3 is 9.67 Å². The van der Waals surface area contributed by atoms with E-state index in [1.165, 1.54) is 17.5 Å². The van der Waals surface area contributed by atoms with Crippen LogP contribution in [0.1, 0.15) is 11.3 Å². The second-order valence-electron chi connectivity index (χ2n) is 4.46. The molecule has 3 heteroatoms. The van der Waals surface area contributed by atoms with Crippen molar-refractivity contribution in [2.24, 2.45) is 7.05 Å². The molecule has 0 aliphatic rings. The highest BCUT2D eigenvalue weighted by Gasteiger charge is 2.07. The molecule has 0 aliphatic carbocycles. The van der Waals surface area contributed by atoms with E-state index >= 15 is 0 Å². The average Bonchev–Trinajstić information content (AvgIpc) is 2.67. The number of aromatic hydroxyl groups is 1. The summed E-state index contributed by atoms with van der Waals surface area (Å²) in [6.07, 6.45) is 2.35. The molecule has 1 aromatic carbocycles. The summed E-state index contributed by atoms with van der Waals surface area (Å²) in [5, 5.41) is 10.4. The Hall–Kier alpha value is -2.29. The second kappa shape index (κ2) is 4.18. The fraction of sp³-hybridized carbons (Fsp3) is 0.133. The van der Waals surface area contributed by atoms with Crippen LogP contribution in [0.4, 0.5) is 0 Å². The number of aromatic nitrogens is 2. The Morgan fingerprint density at radius 1 is 1.17 bits per heavy atom. The Morgan fingerprint density at radius 2 is 1.94 bits per heavy atom. The Labute approximate surface area is 105 Å². The summed E-state index contributed by atoms with van der Waals surface area (Å²) in [5.41, 5.74) is 3.36. The average molecular weight is 238 g/mol. The van der Waals surface area contributed by atoms with Crippen LogP contribution in [0.5, 0.6) is 5.75 Å². The molecule has 0 radical (unpaired) electrons. The van der Waals surface area contributed by atoms with Gasteiger partial charge in [-0.1, -0.05) is 30.3 Å². The van der Waals surface area contributed by atoms with Crippen molar-refractivity contribution in [2.45, 2.75) is 6.42 Å². The van der Waals surface area contributed by atoms with Gasteiger partial charge in [0.05, 0.1) is 6.20 Å². The lowest BCUT2D eigenvalue weighted by Crippen LogP contribution is -1.97. The fourth-order valence-electron chi connectivity index (χ4n) is 2.24. The number of aryl methyl sites for hydroxylation is 1. The normalized spacial score (nSPS) is 10.9. The summed E-state index contributed by atoms with van der Waals surface area (Å²) < 4.78 is 2.07. The van der Waals surface area contributed by atoms with Gasteiger partial charge in [-0.25, -0.2) is 4.98 Å². The number of nitrogens with zero attached hydrogens (tertiary/aromatic N) is 2. The van der Waals surface area contributed by atoms with Crippen LogP contribution in [-0.2, 0) is 13.5 Å². The van der Waals surface area contributed by atoms with Crippen LogP contribution >= 0.6 is 0 Å². The van der Waals surface area contributed by atoms with Gasteiger partial charge in [-0.05, 0) is 17.7 Å². The zero-order chi connectivity index (χ0) is 12.5. The van der Waals surface area contributed by atoms with E-state index in [9.17, 15) is 5.11 Å². The first-order valence-corrected chi connectivity index (χ1v) is 5.91. The molecule has 0 aliphatic heterocycles. The summed E-state index contributed by atoms with van der Waals surface area (Å²) >= 11 is 0. The molecule has 0 unspecified atom stereocenters. The van der Waals surface area contributed by atoms with E-state index in [0.717, 1.165) is 17.5 Å².